The summed E-state index contributed by atoms with van der Waals surface area (Å²) in [7, 11) is 1.28. The number of nitrogens with zero attached hydrogens (tertiary/aromatic N) is 1. The minimum absolute atomic E-state index is 0.0409. The van der Waals surface area contributed by atoms with Crippen LogP contribution in [-0.2, 0) is 4.74 Å². The Bertz CT molecular complexity index is 469. The third-order valence-electron chi connectivity index (χ3n) is 2.56. The zero-order valence-electron chi connectivity index (χ0n) is 9.30. The maximum atomic E-state index is 11.5. The van der Waals surface area contributed by atoms with Crippen LogP contribution in [0.5, 0.6) is 0 Å². The Morgan fingerprint density at radius 3 is 2.76 bits per heavy atom. The Hall–Kier alpha value is -2.11. The Labute approximate surface area is 97.7 Å². The molecular weight excluding hydrogens is 224 g/mol. The molecule has 0 spiro atoms. The van der Waals surface area contributed by atoms with Crippen molar-refractivity contribution >= 4 is 17.3 Å². The third-order valence-corrected chi connectivity index (χ3v) is 2.56. The maximum Gasteiger partial charge on any atom is 0.339 e. The van der Waals surface area contributed by atoms with Gasteiger partial charge in [-0.1, -0.05) is 0 Å². The molecule has 6 heteroatoms. The van der Waals surface area contributed by atoms with Crippen LogP contribution in [0, 0.1) is 10.1 Å². The Morgan fingerprint density at radius 1 is 1.53 bits per heavy atom. The zero-order valence-corrected chi connectivity index (χ0v) is 9.30. The average molecular weight is 236 g/mol. The molecule has 17 heavy (non-hydrogen) atoms. The van der Waals surface area contributed by atoms with E-state index in [0.29, 0.717) is 17.3 Å². The highest BCUT2D eigenvalue weighted by atomic mass is 16.6. The van der Waals surface area contributed by atoms with Crippen LogP contribution in [0.1, 0.15) is 23.2 Å². The number of hydrogen-bond acceptors (Lipinski definition) is 5. The smallest absolute Gasteiger partial charge is 0.339 e. The lowest BCUT2D eigenvalue weighted by Gasteiger charge is -2.09. The molecule has 1 N–H and O–H groups in total. The van der Waals surface area contributed by atoms with Crippen molar-refractivity contribution in [3.8, 4) is 0 Å². The first-order valence-corrected chi connectivity index (χ1v) is 5.25. The van der Waals surface area contributed by atoms with Crippen LogP contribution in [0.2, 0.25) is 0 Å². The fourth-order valence-corrected chi connectivity index (χ4v) is 1.50. The first kappa shape index (κ1) is 11.4. The molecule has 2 rings (SSSR count). The summed E-state index contributed by atoms with van der Waals surface area (Å²) < 4.78 is 4.63. The summed E-state index contributed by atoms with van der Waals surface area (Å²) in [6, 6.07) is 4.38. The molecule has 0 radical (unpaired) electrons. The van der Waals surface area contributed by atoms with Crippen LogP contribution in [0.15, 0.2) is 18.2 Å². The minimum Gasteiger partial charge on any atom is -0.465 e. The predicted molar refractivity (Wildman–Crippen MR) is 61.1 cm³/mol. The molecule has 0 atom stereocenters. The second-order valence-corrected chi connectivity index (χ2v) is 3.90. The summed E-state index contributed by atoms with van der Waals surface area (Å²) in [5.41, 5.74) is 0.749. The zero-order chi connectivity index (χ0) is 12.4. The lowest BCUT2D eigenvalue weighted by Crippen LogP contribution is -2.10. The van der Waals surface area contributed by atoms with Crippen molar-refractivity contribution in [3.63, 3.8) is 0 Å². The number of anilines is 1. The first-order chi connectivity index (χ1) is 8.11. The minimum atomic E-state index is -0.497. The lowest BCUT2D eigenvalue weighted by atomic mass is 10.1. The van der Waals surface area contributed by atoms with Crippen LogP contribution < -0.4 is 5.32 Å². The Morgan fingerprint density at radius 2 is 2.24 bits per heavy atom. The number of methoxy groups -OCH3 is 1. The van der Waals surface area contributed by atoms with Gasteiger partial charge in [-0.15, -0.1) is 0 Å². The normalized spacial score (nSPS) is 14.2. The van der Waals surface area contributed by atoms with Gasteiger partial charge in [0.2, 0.25) is 0 Å². The summed E-state index contributed by atoms with van der Waals surface area (Å²) in [5, 5.41) is 13.8. The molecule has 0 heterocycles. The van der Waals surface area contributed by atoms with E-state index in [1.165, 1.54) is 25.3 Å². The molecule has 0 saturated heterocycles. The van der Waals surface area contributed by atoms with Gasteiger partial charge >= 0.3 is 5.97 Å². The standard InChI is InChI=1S/C11H12N2O4/c1-17-11(14)9-5-4-8(13(15)16)6-10(9)12-7-2-3-7/h4-7,12H,2-3H2,1H3. The second-order valence-electron chi connectivity index (χ2n) is 3.90. The number of esters is 1. The molecule has 6 nitrogen and oxygen atoms in total. The number of nitro benzene ring substituents is 1. The molecule has 1 aromatic carbocycles. The van der Waals surface area contributed by atoms with E-state index in [9.17, 15) is 14.9 Å². The molecule has 0 aliphatic heterocycles. The Balaban J connectivity index is 2.35. The number of nitrogens with one attached hydrogen (secondary N) is 1. The van der Waals surface area contributed by atoms with Crippen molar-refractivity contribution in [2.75, 3.05) is 12.4 Å². The molecule has 1 fully saturated rings. The van der Waals surface area contributed by atoms with Crippen molar-refractivity contribution in [1.82, 2.24) is 0 Å². The number of carbonyl (C=O) groups is 1. The largest absolute Gasteiger partial charge is 0.465 e. The number of nitro groups is 1. The van der Waals surface area contributed by atoms with Gasteiger partial charge in [-0.3, -0.25) is 10.1 Å². The molecule has 1 aliphatic rings. The van der Waals surface area contributed by atoms with Crippen LogP contribution in [0.4, 0.5) is 11.4 Å². The number of carbonyl (C=O) groups excluding carboxylic acids is 1. The van der Waals surface area contributed by atoms with Crippen molar-refractivity contribution in [3.05, 3.63) is 33.9 Å². The van der Waals surface area contributed by atoms with Gasteiger partial charge in [-0.2, -0.15) is 0 Å². The first-order valence-electron chi connectivity index (χ1n) is 5.25. The van der Waals surface area contributed by atoms with E-state index >= 15 is 0 Å². The second kappa shape index (κ2) is 4.40. The topological polar surface area (TPSA) is 81.5 Å². The fraction of sp³-hybridized carbons (Fsp3) is 0.364. The number of non-ortho nitro benzene ring substituents is 1. The van der Waals surface area contributed by atoms with Crippen LogP contribution in [0.25, 0.3) is 0 Å². The highest BCUT2D eigenvalue weighted by molar-refractivity contribution is 5.96. The van der Waals surface area contributed by atoms with Gasteiger partial charge in [0.15, 0.2) is 0 Å². The van der Waals surface area contributed by atoms with Gasteiger partial charge in [0, 0.05) is 18.2 Å². The summed E-state index contributed by atoms with van der Waals surface area (Å²) >= 11 is 0. The molecule has 90 valence electrons. The van der Waals surface area contributed by atoms with Crippen molar-refractivity contribution in [2.24, 2.45) is 0 Å². The van der Waals surface area contributed by atoms with Crippen molar-refractivity contribution in [2.45, 2.75) is 18.9 Å². The van der Waals surface area contributed by atoms with Crippen LogP contribution >= 0.6 is 0 Å². The predicted octanol–water partition coefficient (Wildman–Crippen LogP) is 1.96. The molecule has 0 unspecified atom stereocenters. The highest BCUT2D eigenvalue weighted by Crippen LogP contribution is 2.29. The quantitative estimate of drug-likeness (QED) is 0.491. The summed E-state index contributed by atoms with van der Waals surface area (Å²) in [6.45, 7) is 0. The monoisotopic (exact) mass is 236 g/mol. The summed E-state index contributed by atoms with van der Waals surface area (Å²) in [5.74, 6) is -0.497. The van der Waals surface area contributed by atoms with E-state index in [2.05, 4.69) is 10.1 Å². The van der Waals surface area contributed by atoms with Gasteiger partial charge in [-0.05, 0) is 18.9 Å². The van der Waals surface area contributed by atoms with Crippen molar-refractivity contribution < 1.29 is 14.5 Å². The van der Waals surface area contributed by atoms with Gasteiger partial charge in [0.05, 0.1) is 23.3 Å². The summed E-state index contributed by atoms with van der Waals surface area (Å²) in [4.78, 5) is 21.7. The van der Waals surface area contributed by atoms with E-state index in [1.54, 1.807) is 0 Å². The van der Waals surface area contributed by atoms with E-state index < -0.39 is 10.9 Å². The van der Waals surface area contributed by atoms with E-state index in [1.807, 2.05) is 0 Å². The molecule has 0 amide bonds. The lowest BCUT2D eigenvalue weighted by molar-refractivity contribution is -0.384. The van der Waals surface area contributed by atoms with Crippen LogP contribution in [0.3, 0.4) is 0 Å². The molecule has 1 aromatic rings. The van der Waals surface area contributed by atoms with E-state index in [-0.39, 0.29) is 5.69 Å². The SMILES string of the molecule is COC(=O)c1ccc([N+](=O)[O-])cc1NC1CC1. The highest BCUT2D eigenvalue weighted by Gasteiger charge is 2.24. The van der Waals surface area contributed by atoms with Gasteiger partial charge in [-0.25, -0.2) is 4.79 Å². The molecule has 1 aliphatic carbocycles. The van der Waals surface area contributed by atoms with E-state index in [0.717, 1.165) is 12.8 Å². The fourth-order valence-electron chi connectivity index (χ4n) is 1.50. The molecule has 1 saturated carbocycles. The van der Waals surface area contributed by atoms with Crippen LogP contribution in [-0.4, -0.2) is 24.0 Å². The van der Waals surface area contributed by atoms with Gasteiger partial charge < -0.3 is 10.1 Å². The number of rotatable bonds is 4. The van der Waals surface area contributed by atoms with Crippen molar-refractivity contribution in [1.29, 1.82) is 0 Å². The summed E-state index contributed by atoms with van der Waals surface area (Å²) in [6.07, 6.45) is 2.03. The third kappa shape index (κ3) is 2.52. The number of ether oxygens (including phenoxy) is 1. The number of benzene rings is 1. The maximum absolute atomic E-state index is 11.5. The molecular formula is C11H12N2O4. The molecule has 0 aromatic heterocycles. The number of hydrogen-bond donors (Lipinski definition) is 1. The Kier molecular flexibility index (Phi) is 2.95. The van der Waals surface area contributed by atoms with E-state index in [4.69, 9.17) is 0 Å². The average Bonchev–Trinajstić information content (AvgIpc) is 3.11. The molecule has 0 bridgehead atoms. The van der Waals surface area contributed by atoms with Gasteiger partial charge in [0.1, 0.15) is 0 Å². The van der Waals surface area contributed by atoms with Gasteiger partial charge in [0.25, 0.3) is 5.69 Å².